The molecule has 2 aliphatic heterocycles. The summed E-state index contributed by atoms with van der Waals surface area (Å²) >= 11 is 0. The molecule has 37 heavy (non-hydrogen) atoms. The molecular formula is C29H37FN4O3. The average Bonchev–Trinajstić information content (AvgIpc) is 3.10. The third-order valence-corrected chi connectivity index (χ3v) is 7.68. The fourth-order valence-corrected chi connectivity index (χ4v) is 5.96. The van der Waals surface area contributed by atoms with Crippen LogP contribution in [0.4, 0.5) is 14.9 Å². The van der Waals surface area contributed by atoms with Crippen LogP contribution in [0.15, 0.2) is 53.5 Å². The van der Waals surface area contributed by atoms with Crippen LogP contribution < -0.4 is 15.0 Å². The van der Waals surface area contributed by atoms with Crippen LogP contribution in [-0.4, -0.2) is 58.8 Å². The molecule has 198 valence electrons. The van der Waals surface area contributed by atoms with Crippen LogP contribution in [0, 0.1) is 5.82 Å². The zero-order chi connectivity index (χ0) is 26.0. The topological polar surface area (TPSA) is 77.4 Å². The summed E-state index contributed by atoms with van der Waals surface area (Å²) in [6.07, 6.45) is 4.46. The molecular weight excluding hydrogens is 471 g/mol. The SMILES string of the molecule is CC(C)Oc1cccc(CN2CCC3(CC2)C(N[C@@H]2CCC[C@@H](O)C2)=NC(=O)N3c2cccc(F)c2)c1. The lowest BCUT2D eigenvalue weighted by atomic mass is 9.83. The summed E-state index contributed by atoms with van der Waals surface area (Å²) in [5.74, 6) is 1.15. The lowest BCUT2D eigenvalue weighted by Gasteiger charge is -2.46. The quantitative estimate of drug-likeness (QED) is 0.582. The summed E-state index contributed by atoms with van der Waals surface area (Å²) in [7, 11) is 0. The van der Waals surface area contributed by atoms with Crippen molar-refractivity contribution in [3.63, 3.8) is 0 Å². The maximum absolute atomic E-state index is 14.2. The number of rotatable bonds is 6. The van der Waals surface area contributed by atoms with Gasteiger partial charge in [0, 0.05) is 31.4 Å². The molecule has 1 spiro atoms. The van der Waals surface area contributed by atoms with Gasteiger partial charge in [-0.1, -0.05) is 18.2 Å². The standard InChI is InChI=1S/C29H37FN4O3/c1-20(2)37-26-11-3-6-21(16-26)19-33-14-12-29(13-15-33)27(31-23-8-5-10-25(35)18-23)32-28(36)34(29)24-9-4-7-22(30)17-24/h3-4,6-7,9,11,16-17,20,23,25,35H,5,8,10,12-15,18-19H2,1-2H3,(H,31,32,36)/t23-,25-/m1/s1. The summed E-state index contributed by atoms with van der Waals surface area (Å²) in [6.45, 7) is 6.36. The maximum Gasteiger partial charge on any atom is 0.350 e. The number of carbonyl (C=O) groups is 1. The first-order valence-corrected chi connectivity index (χ1v) is 13.4. The van der Waals surface area contributed by atoms with Crippen LogP contribution in [0.1, 0.15) is 57.9 Å². The number of carbonyl (C=O) groups excluding carboxylic acids is 1. The Morgan fingerprint density at radius 1 is 1.16 bits per heavy atom. The highest BCUT2D eigenvalue weighted by molar-refractivity contribution is 6.16. The Kier molecular flexibility index (Phi) is 7.49. The van der Waals surface area contributed by atoms with Crippen molar-refractivity contribution < 1.29 is 19.0 Å². The number of likely N-dealkylation sites (tertiary alicyclic amines) is 1. The van der Waals surface area contributed by atoms with Crippen LogP contribution in [0.25, 0.3) is 0 Å². The molecule has 8 heteroatoms. The van der Waals surface area contributed by atoms with Crippen LogP contribution in [0.2, 0.25) is 0 Å². The predicted molar refractivity (Wildman–Crippen MR) is 143 cm³/mol. The number of halogens is 1. The van der Waals surface area contributed by atoms with Gasteiger partial charge >= 0.3 is 6.03 Å². The zero-order valence-electron chi connectivity index (χ0n) is 21.7. The fourth-order valence-electron chi connectivity index (χ4n) is 5.96. The van der Waals surface area contributed by atoms with E-state index in [1.807, 2.05) is 26.0 Å². The van der Waals surface area contributed by atoms with E-state index < -0.39 is 5.54 Å². The van der Waals surface area contributed by atoms with E-state index >= 15 is 0 Å². The third kappa shape index (κ3) is 5.65. The van der Waals surface area contributed by atoms with Gasteiger partial charge in [-0.2, -0.15) is 4.99 Å². The Morgan fingerprint density at radius 2 is 1.95 bits per heavy atom. The number of urea groups is 1. The molecule has 2 aromatic rings. The molecule has 2 heterocycles. The molecule has 0 radical (unpaired) electrons. The number of amidine groups is 1. The second-order valence-corrected chi connectivity index (χ2v) is 10.8. The van der Waals surface area contributed by atoms with E-state index in [4.69, 9.17) is 4.74 Å². The lowest BCUT2D eigenvalue weighted by molar-refractivity contribution is 0.115. The number of aliphatic imine (C=N–C) groups is 1. The van der Waals surface area contributed by atoms with Crippen LogP contribution in [0.3, 0.4) is 0 Å². The molecule has 2 aromatic carbocycles. The van der Waals surface area contributed by atoms with Crippen LogP contribution >= 0.6 is 0 Å². The van der Waals surface area contributed by atoms with E-state index in [1.165, 1.54) is 17.7 Å². The number of amides is 2. The molecule has 1 saturated heterocycles. The van der Waals surface area contributed by atoms with Gasteiger partial charge in [0.25, 0.3) is 0 Å². The minimum absolute atomic E-state index is 0.0707. The highest BCUT2D eigenvalue weighted by Gasteiger charge is 2.52. The zero-order valence-corrected chi connectivity index (χ0v) is 21.7. The Morgan fingerprint density at radius 3 is 2.68 bits per heavy atom. The van der Waals surface area contributed by atoms with E-state index in [2.05, 4.69) is 27.3 Å². The Hall–Kier alpha value is -2.97. The number of aliphatic hydroxyl groups excluding tert-OH is 1. The summed E-state index contributed by atoms with van der Waals surface area (Å²) in [5.41, 5.74) is 1.05. The number of piperidine rings is 1. The number of aliphatic hydroxyl groups is 1. The molecule has 3 aliphatic rings. The van der Waals surface area contributed by atoms with E-state index in [9.17, 15) is 14.3 Å². The summed E-state index contributed by atoms with van der Waals surface area (Å²) in [6, 6.07) is 14.1. The van der Waals surface area contributed by atoms with Crippen molar-refractivity contribution in [3.05, 3.63) is 59.9 Å². The molecule has 0 aromatic heterocycles. The molecule has 0 unspecified atom stereocenters. The Bertz CT molecular complexity index is 1150. The van der Waals surface area contributed by atoms with Crippen molar-refractivity contribution in [1.29, 1.82) is 0 Å². The van der Waals surface area contributed by atoms with E-state index in [0.29, 0.717) is 30.8 Å². The Labute approximate surface area is 218 Å². The average molecular weight is 509 g/mol. The number of benzene rings is 2. The lowest BCUT2D eigenvalue weighted by Crippen LogP contribution is -2.62. The van der Waals surface area contributed by atoms with Gasteiger partial charge in [0.2, 0.25) is 0 Å². The van der Waals surface area contributed by atoms with Crippen molar-refractivity contribution in [1.82, 2.24) is 10.2 Å². The second kappa shape index (κ2) is 10.8. The van der Waals surface area contributed by atoms with Crippen molar-refractivity contribution in [2.24, 2.45) is 4.99 Å². The van der Waals surface area contributed by atoms with Gasteiger partial charge < -0.3 is 15.2 Å². The van der Waals surface area contributed by atoms with Crippen LogP contribution in [0.5, 0.6) is 5.75 Å². The number of hydrogen-bond donors (Lipinski definition) is 2. The highest BCUT2D eigenvalue weighted by atomic mass is 19.1. The molecule has 2 N–H and O–H groups in total. The molecule has 0 bridgehead atoms. The van der Waals surface area contributed by atoms with Gasteiger partial charge in [0.1, 0.15) is 22.9 Å². The van der Waals surface area contributed by atoms with Crippen molar-refractivity contribution in [2.75, 3.05) is 18.0 Å². The van der Waals surface area contributed by atoms with Crippen molar-refractivity contribution in [2.45, 2.75) is 82.7 Å². The number of anilines is 1. The fraction of sp³-hybridized carbons (Fsp3) is 0.517. The number of nitrogens with one attached hydrogen (secondary N) is 1. The van der Waals surface area contributed by atoms with Crippen molar-refractivity contribution in [3.8, 4) is 5.75 Å². The number of hydrogen-bond acceptors (Lipinski definition) is 5. The van der Waals surface area contributed by atoms with Gasteiger partial charge in [0.15, 0.2) is 0 Å². The summed E-state index contributed by atoms with van der Waals surface area (Å²) in [4.78, 5) is 21.8. The third-order valence-electron chi connectivity index (χ3n) is 7.68. The second-order valence-electron chi connectivity index (χ2n) is 10.8. The predicted octanol–water partition coefficient (Wildman–Crippen LogP) is 4.88. The number of nitrogens with zero attached hydrogens (tertiary/aromatic N) is 3. The highest BCUT2D eigenvalue weighted by Crippen LogP contribution is 2.39. The molecule has 2 atom stereocenters. The van der Waals surface area contributed by atoms with E-state index in [0.717, 1.165) is 44.6 Å². The first kappa shape index (κ1) is 25.7. The first-order chi connectivity index (χ1) is 17.8. The summed E-state index contributed by atoms with van der Waals surface area (Å²) < 4.78 is 20.1. The van der Waals surface area contributed by atoms with E-state index in [-0.39, 0.29) is 30.1 Å². The maximum atomic E-state index is 14.2. The molecule has 2 amide bonds. The minimum atomic E-state index is -0.660. The Balaban J connectivity index is 1.36. The molecule has 2 fully saturated rings. The van der Waals surface area contributed by atoms with Gasteiger partial charge in [0.05, 0.1) is 12.2 Å². The largest absolute Gasteiger partial charge is 0.491 e. The molecule has 1 aliphatic carbocycles. The van der Waals surface area contributed by atoms with Crippen LogP contribution in [-0.2, 0) is 6.54 Å². The first-order valence-electron chi connectivity index (χ1n) is 13.4. The smallest absolute Gasteiger partial charge is 0.350 e. The normalized spacial score (nSPS) is 24.0. The summed E-state index contributed by atoms with van der Waals surface area (Å²) in [5, 5.41) is 13.7. The molecule has 1 saturated carbocycles. The minimum Gasteiger partial charge on any atom is -0.491 e. The number of ether oxygens (including phenoxy) is 1. The van der Waals surface area contributed by atoms with Gasteiger partial charge in [-0.3, -0.25) is 9.80 Å². The molecule has 7 nitrogen and oxygen atoms in total. The van der Waals surface area contributed by atoms with E-state index in [1.54, 1.807) is 17.0 Å². The van der Waals surface area contributed by atoms with Crippen molar-refractivity contribution >= 4 is 17.6 Å². The molecule has 5 rings (SSSR count). The van der Waals surface area contributed by atoms with Gasteiger partial charge in [-0.25, -0.2) is 9.18 Å². The monoisotopic (exact) mass is 508 g/mol. The van der Waals surface area contributed by atoms with Gasteiger partial charge in [-0.15, -0.1) is 0 Å². The van der Waals surface area contributed by atoms with Gasteiger partial charge in [-0.05, 0) is 88.3 Å².